The lowest BCUT2D eigenvalue weighted by Crippen LogP contribution is -2.66. The number of ether oxygens (including phenoxy) is 5. The smallest absolute Gasteiger partial charge is 0.331 e. The molecule has 3 aliphatic heterocycles. The molecule has 2 spiro atoms. The zero-order valence-electron chi connectivity index (χ0n) is 22.4. The summed E-state index contributed by atoms with van der Waals surface area (Å²) in [6, 6.07) is 0. The maximum atomic E-state index is 13.0. The summed E-state index contributed by atoms with van der Waals surface area (Å²) in [6.45, 7) is 7.78. The second-order valence-corrected chi connectivity index (χ2v) is 11.6. The van der Waals surface area contributed by atoms with Crippen molar-refractivity contribution in [3.63, 3.8) is 0 Å². The van der Waals surface area contributed by atoms with Crippen LogP contribution in [0.5, 0.6) is 0 Å². The molecule has 2 aliphatic carbocycles. The van der Waals surface area contributed by atoms with Crippen molar-refractivity contribution in [3.05, 3.63) is 47.6 Å². The summed E-state index contributed by atoms with van der Waals surface area (Å²) in [4.78, 5) is 25.9. The average Bonchev–Trinajstić information content (AvgIpc) is 3.64. The van der Waals surface area contributed by atoms with Crippen LogP contribution in [0.3, 0.4) is 0 Å². The number of allylic oxidation sites excluding steroid dienone is 3. The van der Waals surface area contributed by atoms with E-state index in [0.29, 0.717) is 25.0 Å². The Labute approximate surface area is 223 Å². The number of epoxide rings is 1. The van der Waals surface area contributed by atoms with Crippen molar-refractivity contribution in [2.24, 2.45) is 10.8 Å². The summed E-state index contributed by atoms with van der Waals surface area (Å²) in [6.07, 6.45) is 7.74. The molecule has 2 N–H and O–H groups in total. The lowest BCUT2D eigenvalue weighted by Gasteiger charge is -2.58. The number of aliphatic hydroxyl groups is 2. The van der Waals surface area contributed by atoms with E-state index in [2.05, 4.69) is 19.9 Å². The van der Waals surface area contributed by atoms with E-state index in [1.54, 1.807) is 32.1 Å². The van der Waals surface area contributed by atoms with Gasteiger partial charge in [0.1, 0.15) is 24.4 Å². The van der Waals surface area contributed by atoms with Gasteiger partial charge in [-0.3, -0.25) is 0 Å². The van der Waals surface area contributed by atoms with Crippen molar-refractivity contribution < 1.29 is 43.5 Å². The molecule has 2 saturated heterocycles. The summed E-state index contributed by atoms with van der Waals surface area (Å²) in [5.41, 5.74) is -0.328. The average molecular weight is 531 g/mol. The largest absolute Gasteiger partial charge is 0.462 e. The topological polar surface area (TPSA) is 124 Å². The van der Waals surface area contributed by atoms with Crippen molar-refractivity contribution in [2.45, 2.75) is 89.2 Å². The van der Waals surface area contributed by atoms with Gasteiger partial charge in [0, 0.05) is 24.0 Å². The van der Waals surface area contributed by atoms with Crippen molar-refractivity contribution in [1.82, 2.24) is 0 Å². The molecule has 5 aliphatic rings. The van der Waals surface area contributed by atoms with E-state index >= 15 is 0 Å². The van der Waals surface area contributed by atoms with Crippen LogP contribution in [0.25, 0.3) is 0 Å². The molecule has 9 nitrogen and oxygen atoms in total. The molecule has 3 fully saturated rings. The minimum Gasteiger partial charge on any atom is -0.462 e. The summed E-state index contributed by atoms with van der Waals surface area (Å²) in [5.74, 6) is -1.08. The SMILES string of the molecule is CC1=CC2OC3CC4OC(=O)/C=C\C=C/C(C(C)O)OCC(O)C(C)=CC(=O)OCC2(CC1)C4(C)C31CO1. The minimum atomic E-state index is -1.06. The molecule has 2 bridgehead atoms. The van der Waals surface area contributed by atoms with Gasteiger partial charge >= 0.3 is 11.9 Å². The van der Waals surface area contributed by atoms with Crippen LogP contribution in [-0.2, 0) is 33.3 Å². The van der Waals surface area contributed by atoms with Gasteiger partial charge in [-0.15, -0.1) is 0 Å². The third-order valence-corrected chi connectivity index (χ3v) is 9.39. The van der Waals surface area contributed by atoms with E-state index in [1.807, 2.05) is 0 Å². The first-order chi connectivity index (χ1) is 18.0. The first-order valence-electron chi connectivity index (χ1n) is 13.4. The van der Waals surface area contributed by atoms with Crippen molar-refractivity contribution in [1.29, 1.82) is 0 Å². The number of hydrogen-bond donors (Lipinski definition) is 2. The lowest BCUT2D eigenvalue weighted by molar-refractivity contribution is -0.232. The number of aliphatic hydroxyl groups excluding tert-OH is 2. The molecule has 3 heterocycles. The molecule has 9 unspecified atom stereocenters. The van der Waals surface area contributed by atoms with Gasteiger partial charge in [-0.25, -0.2) is 9.59 Å². The highest BCUT2D eigenvalue weighted by Gasteiger charge is 2.83. The van der Waals surface area contributed by atoms with Crippen LogP contribution in [0.2, 0.25) is 0 Å². The van der Waals surface area contributed by atoms with E-state index in [4.69, 9.17) is 23.7 Å². The van der Waals surface area contributed by atoms with Crippen molar-refractivity contribution >= 4 is 11.9 Å². The predicted molar refractivity (Wildman–Crippen MR) is 136 cm³/mol. The van der Waals surface area contributed by atoms with Crippen molar-refractivity contribution in [2.75, 3.05) is 19.8 Å². The summed E-state index contributed by atoms with van der Waals surface area (Å²) < 4.78 is 30.3. The van der Waals surface area contributed by atoms with Crippen LogP contribution in [0.4, 0.5) is 0 Å². The fourth-order valence-electron chi connectivity index (χ4n) is 6.83. The third kappa shape index (κ3) is 4.38. The van der Waals surface area contributed by atoms with Crippen LogP contribution in [-0.4, -0.2) is 84.2 Å². The van der Waals surface area contributed by atoms with E-state index in [1.165, 1.54) is 17.7 Å². The van der Waals surface area contributed by atoms with Gasteiger partial charge in [0.15, 0.2) is 0 Å². The molecule has 0 aromatic heterocycles. The van der Waals surface area contributed by atoms with Crippen molar-refractivity contribution in [3.8, 4) is 0 Å². The Balaban J connectivity index is 1.52. The summed E-state index contributed by atoms with van der Waals surface area (Å²) in [7, 11) is 0. The van der Waals surface area contributed by atoms with Crippen LogP contribution < -0.4 is 0 Å². The van der Waals surface area contributed by atoms with Gasteiger partial charge < -0.3 is 33.9 Å². The number of cyclic esters (lactones) is 1. The molecule has 1 saturated carbocycles. The first-order valence-corrected chi connectivity index (χ1v) is 13.4. The molecule has 0 amide bonds. The summed E-state index contributed by atoms with van der Waals surface area (Å²) >= 11 is 0. The fourth-order valence-corrected chi connectivity index (χ4v) is 6.83. The Morgan fingerprint density at radius 3 is 2.58 bits per heavy atom. The van der Waals surface area contributed by atoms with Gasteiger partial charge in [-0.2, -0.15) is 0 Å². The molecule has 0 aromatic carbocycles. The zero-order chi connectivity index (χ0) is 27.3. The fraction of sp³-hybridized carbons (Fsp3) is 0.655. The number of esters is 2. The monoisotopic (exact) mass is 530 g/mol. The molecular formula is C29H38O9. The second-order valence-electron chi connectivity index (χ2n) is 11.6. The predicted octanol–water partition coefficient (Wildman–Crippen LogP) is 2.31. The third-order valence-electron chi connectivity index (χ3n) is 9.39. The Hall–Kier alpha value is -2.30. The van der Waals surface area contributed by atoms with Crippen LogP contribution in [0.15, 0.2) is 47.6 Å². The first kappa shape index (κ1) is 27.3. The highest BCUT2D eigenvalue weighted by atomic mass is 16.6. The van der Waals surface area contributed by atoms with Gasteiger partial charge in [-0.05, 0) is 39.2 Å². The lowest BCUT2D eigenvalue weighted by atomic mass is 9.51. The molecule has 208 valence electrons. The highest BCUT2D eigenvalue weighted by Crippen LogP contribution is 2.72. The molecular weight excluding hydrogens is 492 g/mol. The van der Waals surface area contributed by atoms with Gasteiger partial charge in [-0.1, -0.05) is 36.8 Å². The highest BCUT2D eigenvalue weighted by molar-refractivity contribution is 5.83. The maximum absolute atomic E-state index is 13.0. The van der Waals surface area contributed by atoms with Crippen LogP contribution in [0, 0.1) is 10.8 Å². The number of carbonyl (C=O) groups is 2. The second kappa shape index (κ2) is 10.0. The van der Waals surface area contributed by atoms with Crippen LogP contribution in [0.1, 0.15) is 47.0 Å². The van der Waals surface area contributed by atoms with Gasteiger partial charge in [0.2, 0.25) is 0 Å². The van der Waals surface area contributed by atoms with Crippen LogP contribution >= 0.6 is 0 Å². The Bertz CT molecular complexity index is 1080. The van der Waals surface area contributed by atoms with E-state index in [-0.39, 0.29) is 25.4 Å². The number of rotatable bonds is 1. The Kier molecular flexibility index (Phi) is 7.19. The summed E-state index contributed by atoms with van der Waals surface area (Å²) in [5, 5.41) is 20.6. The molecule has 38 heavy (non-hydrogen) atoms. The van der Waals surface area contributed by atoms with Gasteiger partial charge in [0.05, 0.1) is 43.0 Å². The molecule has 9 atom stereocenters. The van der Waals surface area contributed by atoms with E-state index in [9.17, 15) is 19.8 Å². The molecule has 0 radical (unpaired) electrons. The standard InChI is InChI=1S/C29H38O9/c1-17-9-10-28-15-35-26(33)12-18(2)20(31)14-34-21(19(3)30)7-5-6-8-25(32)38-22-13-24(37-23(28)11-17)29(16-36-29)27(22,28)4/h5-8,11-12,19-24,30-31H,9-10,13-16H2,1-4H3/b7-5-,8-6-,18-12?. The Morgan fingerprint density at radius 1 is 1.11 bits per heavy atom. The zero-order valence-corrected chi connectivity index (χ0v) is 22.4. The molecule has 9 heteroatoms. The number of carbonyl (C=O) groups excluding carboxylic acids is 2. The van der Waals surface area contributed by atoms with Gasteiger partial charge in [0.25, 0.3) is 0 Å². The minimum absolute atomic E-state index is 0.0573. The normalized spacial score (nSPS) is 45.9. The Morgan fingerprint density at radius 2 is 1.87 bits per heavy atom. The molecule has 0 aromatic rings. The maximum Gasteiger partial charge on any atom is 0.331 e. The van der Waals surface area contributed by atoms with E-state index in [0.717, 1.165) is 6.42 Å². The quantitative estimate of drug-likeness (QED) is 0.299. The van der Waals surface area contributed by atoms with E-state index < -0.39 is 52.8 Å². The molecule has 5 rings (SSSR count). The number of hydrogen-bond acceptors (Lipinski definition) is 9.